The SMILES string of the molecule is N/N=C(\NN)c1ccc(-c2ccc(/C=C3\C(=O)NC(=S)N(CCC4CCCCC4)C3=O)[nH]2)cc1. The lowest BCUT2D eigenvalue weighted by Gasteiger charge is -2.31. The van der Waals surface area contributed by atoms with Crippen LogP contribution in [0.15, 0.2) is 47.1 Å². The van der Waals surface area contributed by atoms with Crippen LogP contribution in [0.4, 0.5) is 0 Å². The van der Waals surface area contributed by atoms with Crippen molar-refractivity contribution in [2.45, 2.75) is 38.5 Å². The minimum atomic E-state index is -0.479. The molecule has 2 amide bonds. The van der Waals surface area contributed by atoms with Gasteiger partial charge in [0, 0.05) is 23.5 Å². The molecule has 0 radical (unpaired) electrons. The number of nitrogens with one attached hydrogen (secondary N) is 3. The molecule has 0 atom stereocenters. The van der Waals surface area contributed by atoms with E-state index < -0.39 is 5.91 Å². The van der Waals surface area contributed by atoms with Crippen molar-refractivity contribution in [2.24, 2.45) is 22.7 Å². The first-order chi connectivity index (χ1) is 16.5. The molecule has 178 valence electrons. The third kappa shape index (κ3) is 5.18. The number of thiocarbonyl (C=S) groups is 1. The molecular weight excluding hydrogens is 450 g/mol. The first kappa shape index (κ1) is 23.7. The fourth-order valence-corrected chi connectivity index (χ4v) is 4.77. The van der Waals surface area contributed by atoms with Gasteiger partial charge in [-0.1, -0.05) is 56.4 Å². The van der Waals surface area contributed by atoms with E-state index in [2.05, 4.69) is 20.8 Å². The fourth-order valence-electron chi connectivity index (χ4n) is 4.51. The predicted octanol–water partition coefficient (Wildman–Crippen LogP) is 2.36. The van der Waals surface area contributed by atoms with E-state index in [-0.39, 0.29) is 16.6 Å². The summed E-state index contributed by atoms with van der Waals surface area (Å²) in [5.41, 5.74) is 5.65. The van der Waals surface area contributed by atoms with Crippen molar-refractivity contribution in [2.75, 3.05) is 6.54 Å². The van der Waals surface area contributed by atoms with E-state index in [0.717, 1.165) is 23.2 Å². The Kier molecular flexibility index (Phi) is 7.39. The maximum Gasteiger partial charge on any atom is 0.265 e. The molecule has 2 aromatic rings. The van der Waals surface area contributed by atoms with Crippen LogP contribution in [-0.2, 0) is 9.59 Å². The number of benzene rings is 1. The topological polar surface area (TPSA) is 142 Å². The average Bonchev–Trinajstić information content (AvgIpc) is 3.32. The Hall–Kier alpha value is -3.50. The summed E-state index contributed by atoms with van der Waals surface area (Å²) < 4.78 is 0. The average molecular weight is 480 g/mol. The van der Waals surface area contributed by atoms with Crippen molar-refractivity contribution >= 4 is 41.1 Å². The third-order valence-electron chi connectivity index (χ3n) is 6.42. The Balaban J connectivity index is 1.48. The second-order valence-corrected chi connectivity index (χ2v) is 8.98. The van der Waals surface area contributed by atoms with Gasteiger partial charge in [-0.15, -0.1) is 0 Å². The van der Waals surface area contributed by atoms with Gasteiger partial charge in [0.05, 0.1) is 0 Å². The molecule has 34 heavy (non-hydrogen) atoms. The highest BCUT2D eigenvalue weighted by molar-refractivity contribution is 7.80. The van der Waals surface area contributed by atoms with Crippen molar-refractivity contribution in [3.05, 3.63) is 53.2 Å². The number of carbonyl (C=O) groups is 2. The quantitative estimate of drug-likeness (QED) is 0.0819. The number of nitrogens with two attached hydrogens (primary N) is 2. The van der Waals surface area contributed by atoms with E-state index >= 15 is 0 Å². The molecule has 2 aliphatic rings. The standard InChI is InChI=1S/C24H29N7O2S/c25-29-21(30-26)17-8-6-16(7-9-17)20-11-10-18(27-20)14-19-22(32)28-24(34)31(23(19)33)13-12-15-4-2-1-3-5-15/h6-11,14-15,27H,1-5,12-13,25-26H2,(H,29,30)(H,28,32,34)/b19-14+. The summed E-state index contributed by atoms with van der Waals surface area (Å²) in [6.45, 7) is 0.522. The van der Waals surface area contributed by atoms with Gasteiger partial charge in [0.25, 0.3) is 11.8 Å². The van der Waals surface area contributed by atoms with Crippen molar-refractivity contribution in [1.82, 2.24) is 20.6 Å². The molecule has 4 rings (SSSR count). The molecule has 9 nitrogen and oxygen atoms in total. The van der Waals surface area contributed by atoms with E-state index in [1.165, 1.54) is 37.0 Å². The van der Waals surface area contributed by atoms with Crippen molar-refractivity contribution < 1.29 is 9.59 Å². The highest BCUT2D eigenvalue weighted by atomic mass is 32.1. The van der Waals surface area contributed by atoms with Crippen LogP contribution in [0.1, 0.15) is 49.8 Å². The van der Waals surface area contributed by atoms with Crippen LogP contribution in [0.5, 0.6) is 0 Å². The van der Waals surface area contributed by atoms with Crippen molar-refractivity contribution in [3.8, 4) is 11.3 Å². The second kappa shape index (κ2) is 10.6. The molecule has 1 saturated carbocycles. The molecule has 2 fully saturated rings. The lowest BCUT2D eigenvalue weighted by molar-refractivity contribution is -0.129. The zero-order valence-corrected chi connectivity index (χ0v) is 19.7. The zero-order chi connectivity index (χ0) is 24.1. The van der Waals surface area contributed by atoms with Crippen LogP contribution in [0, 0.1) is 5.92 Å². The lowest BCUT2D eigenvalue weighted by atomic mass is 9.87. The largest absolute Gasteiger partial charge is 0.355 e. The summed E-state index contributed by atoms with van der Waals surface area (Å²) in [5.74, 6) is 10.9. The Morgan fingerprint density at radius 1 is 1.15 bits per heavy atom. The Morgan fingerprint density at radius 3 is 2.56 bits per heavy atom. The normalized spacial score (nSPS) is 19.0. The maximum atomic E-state index is 13.1. The monoisotopic (exact) mass is 479 g/mol. The van der Waals surface area contributed by atoms with Crippen LogP contribution in [0.3, 0.4) is 0 Å². The number of nitrogens with zero attached hydrogens (tertiary/aromatic N) is 2. The van der Waals surface area contributed by atoms with Crippen LogP contribution >= 0.6 is 12.2 Å². The first-order valence-electron chi connectivity index (χ1n) is 11.4. The van der Waals surface area contributed by atoms with E-state index in [1.54, 1.807) is 6.08 Å². The van der Waals surface area contributed by atoms with Crippen molar-refractivity contribution in [1.29, 1.82) is 0 Å². The fraction of sp³-hybridized carbons (Fsp3) is 0.333. The second-order valence-electron chi connectivity index (χ2n) is 8.59. The van der Waals surface area contributed by atoms with Gasteiger partial charge in [-0.25, -0.2) is 5.84 Å². The van der Waals surface area contributed by atoms with Crippen LogP contribution in [-0.4, -0.2) is 39.2 Å². The van der Waals surface area contributed by atoms with Gasteiger partial charge in [0.2, 0.25) is 0 Å². The number of amidine groups is 1. The van der Waals surface area contributed by atoms with E-state index in [1.807, 2.05) is 36.4 Å². The number of hydrogen-bond donors (Lipinski definition) is 5. The molecular formula is C24H29N7O2S. The van der Waals surface area contributed by atoms with Gasteiger partial charge in [0.15, 0.2) is 10.9 Å². The van der Waals surface area contributed by atoms with Gasteiger partial charge in [-0.3, -0.25) is 19.8 Å². The molecule has 0 bridgehead atoms. The molecule has 0 spiro atoms. The number of H-pyrrole nitrogens is 1. The lowest BCUT2D eigenvalue weighted by Crippen LogP contribution is -2.54. The highest BCUT2D eigenvalue weighted by Gasteiger charge is 2.33. The van der Waals surface area contributed by atoms with Gasteiger partial charge < -0.3 is 16.3 Å². The summed E-state index contributed by atoms with van der Waals surface area (Å²) in [6.07, 6.45) is 8.63. The van der Waals surface area contributed by atoms with Gasteiger partial charge >= 0.3 is 0 Å². The molecule has 1 aromatic heterocycles. The Bertz CT molecular complexity index is 1130. The number of hydrazine groups is 1. The predicted molar refractivity (Wildman–Crippen MR) is 136 cm³/mol. The molecule has 2 heterocycles. The number of carbonyl (C=O) groups excluding carboxylic acids is 2. The Morgan fingerprint density at radius 2 is 1.88 bits per heavy atom. The zero-order valence-electron chi connectivity index (χ0n) is 18.8. The van der Waals surface area contributed by atoms with Crippen LogP contribution in [0.2, 0.25) is 0 Å². The number of hydrazone groups is 1. The molecule has 1 aromatic carbocycles. The van der Waals surface area contributed by atoms with E-state index in [9.17, 15) is 9.59 Å². The summed E-state index contributed by atoms with van der Waals surface area (Å²) in [7, 11) is 0. The van der Waals surface area contributed by atoms with Crippen LogP contribution < -0.4 is 22.4 Å². The van der Waals surface area contributed by atoms with Gasteiger partial charge in [-0.2, -0.15) is 5.10 Å². The minimum absolute atomic E-state index is 0.0683. The molecule has 10 heteroatoms. The van der Waals surface area contributed by atoms with E-state index in [0.29, 0.717) is 24.0 Å². The smallest absolute Gasteiger partial charge is 0.265 e. The number of hydrogen-bond acceptors (Lipinski definition) is 6. The molecule has 1 aliphatic carbocycles. The first-order valence-corrected chi connectivity index (χ1v) is 11.8. The summed E-state index contributed by atoms with van der Waals surface area (Å²) in [6, 6.07) is 11.2. The highest BCUT2D eigenvalue weighted by Crippen LogP contribution is 2.27. The van der Waals surface area contributed by atoms with E-state index in [4.69, 9.17) is 23.9 Å². The molecule has 7 N–H and O–H groups in total. The molecule has 1 saturated heterocycles. The summed E-state index contributed by atoms with van der Waals surface area (Å²) in [4.78, 5) is 30.4. The van der Waals surface area contributed by atoms with Crippen LogP contribution in [0.25, 0.3) is 17.3 Å². The summed E-state index contributed by atoms with van der Waals surface area (Å²) in [5, 5.41) is 6.44. The Labute approximate surface area is 203 Å². The minimum Gasteiger partial charge on any atom is -0.355 e. The number of aromatic nitrogens is 1. The third-order valence-corrected chi connectivity index (χ3v) is 6.74. The van der Waals surface area contributed by atoms with Crippen molar-refractivity contribution in [3.63, 3.8) is 0 Å². The maximum absolute atomic E-state index is 13.1. The number of aromatic amines is 1. The molecule has 0 unspecified atom stereocenters. The number of amides is 2. The van der Waals surface area contributed by atoms with Gasteiger partial charge in [-0.05, 0) is 48.3 Å². The molecule has 1 aliphatic heterocycles. The van der Waals surface area contributed by atoms with Gasteiger partial charge in [0.1, 0.15) is 5.57 Å². The number of rotatable bonds is 6. The summed E-state index contributed by atoms with van der Waals surface area (Å²) >= 11 is 5.29.